The normalized spacial score (nSPS) is 13.5. The summed E-state index contributed by atoms with van der Waals surface area (Å²) in [5.74, 6) is 0. The molecule has 0 aliphatic rings. The Labute approximate surface area is 224 Å². The number of hydrogen-bond acceptors (Lipinski definition) is 10. The minimum absolute atomic E-state index is 0.765. The molecule has 0 unspecified atom stereocenters. The van der Waals surface area contributed by atoms with E-state index >= 15 is 0 Å². The van der Waals surface area contributed by atoms with E-state index in [2.05, 4.69) is 0 Å². The molecule has 36 heavy (non-hydrogen) atoms. The van der Waals surface area contributed by atoms with Crippen molar-refractivity contribution in [3.8, 4) is 0 Å². The highest BCUT2D eigenvalue weighted by Crippen LogP contribution is 2.36. The molecule has 0 saturated heterocycles. The minimum Gasteiger partial charge on any atom is -0.385 e. The van der Waals surface area contributed by atoms with Crippen LogP contribution in [0.25, 0.3) is 0 Å². The molecule has 0 aliphatic carbocycles. The first-order valence-electron chi connectivity index (χ1n) is 12.7. The van der Waals surface area contributed by atoms with E-state index in [1.807, 2.05) is 0 Å². The van der Waals surface area contributed by atoms with Crippen LogP contribution in [-0.2, 0) is 44.6 Å². The molecule has 0 heterocycles. The average Bonchev–Trinajstić information content (AvgIpc) is 2.92. The van der Waals surface area contributed by atoms with Gasteiger partial charge < -0.3 is 44.6 Å². The molecule has 10 nitrogen and oxygen atoms in total. The van der Waals surface area contributed by atoms with E-state index in [-0.39, 0.29) is 0 Å². The van der Waals surface area contributed by atoms with Gasteiger partial charge in [-0.15, -0.1) is 0 Å². The molecule has 0 N–H and O–H groups in total. The molecule has 0 aromatic rings. The zero-order valence-corrected chi connectivity index (χ0v) is 28.6. The van der Waals surface area contributed by atoms with E-state index < -0.39 is 34.5 Å². The molecule has 0 saturated carbocycles. The van der Waals surface area contributed by atoms with Crippen molar-refractivity contribution < 1.29 is 44.6 Å². The zero-order valence-electron chi connectivity index (χ0n) is 24.6. The van der Waals surface area contributed by atoms with Crippen molar-refractivity contribution in [3.05, 3.63) is 0 Å². The van der Waals surface area contributed by atoms with Gasteiger partial charge in [0.15, 0.2) is 0 Å². The van der Waals surface area contributed by atoms with Crippen molar-refractivity contribution in [2.45, 2.75) is 68.0 Å². The third-order valence-electron chi connectivity index (χ3n) is 7.42. The summed E-state index contributed by atoms with van der Waals surface area (Å²) in [5.41, 5.74) is 0. The van der Waals surface area contributed by atoms with Crippen molar-refractivity contribution in [2.75, 3.05) is 77.7 Å². The van der Waals surface area contributed by atoms with E-state index in [4.69, 9.17) is 44.6 Å². The molecular weight excluding hydrogens is 537 g/mol. The van der Waals surface area contributed by atoms with Crippen molar-refractivity contribution in [2.24, 2.45) is 0 Å². The van der Waals surface area contributed by atoms with Gasteiger partial charge in [-0.2, -0.15) is 0 Å². The lowest BCUT2D eigenvalue weighted by molar-refractivity contribution is 0.123. The van der Waals surface area contributed by atoms with Gasteiger partial charge in [0.05, 0.1) is 8.07 Å². The maximum absolute atomic E-state index is 5.69. The van der Waals surface area contributed by atoms with Gasteiger partial charge in [-0.05, 0) is 6.42 Å². The van der Waals surface area contributed by atoms with Crippen LogP contribution in [0.4, 0.5) is 0 Å². The molecule has 0 bridgehead atoms. The molecule has 218 valence electrons. The van der Waals surface area contributed by atoms with Crippen LogP contribution in [0.3, 0.4) is 0 Å². The predicted molar refractivity (Wildman–Crippen MR) is 150 cm³/mol. The van der Waals surface area contributed by atoms with E-state index in [9.17, 15) is 0 Å². The molecule has 0 aliphatic heterocycles. The van der Waals surface area contributed by atoms with E-state index in [0.29, 0.717) is 0 Å². The van der Waals surface area contributed by atoms with Crippen molar-refractivity contribution in [1.29, 1.82) is 0 Å². The second-order valence-electron chi connectivity index (χ2n) is 9.04. The number of methoxy groups -OCH3 is 1. The quantitative estimate of drug-likeness (QED) is 0.113. The summed E-state index contributed by atoms with van der Waals surface area (Å²) in [6.45, 7) is 0.765. The zero-order chi connectivity index (χ0) is 27.6. The van der Waals surface area contributed by atoms with Crippen LogP contribution in [0.15, 0.2) is 0 Å². The SMILES string of the molecule is COCCC[Si](CCC[Si](OC)(OC)OC)(CCC[Si](OC)(OC)OC)CCC[Si](OC)(OC)OC. The van der Waals surface area contributed by atoms with Gasteiger partial charge in [0.25, 0.3) is 0 Å². The van der Waals surface area contributed by atoms with Crippen LogP contribution in [0.2, 0.25) is 42.3 Å². The third-order valence-corrected chi connectivity index (χ3v) is 21.6. The Kier molecular flexibility index (Phi) is 19.8. The van der Waals surface area contributed by atoms with Gasteiger partial charge in [-0.3, -0.25) is 0 Å². The van der Waals surface area contributed by atoms with Crippen LogP contribution in [0.1, 0.15) is 25.7 Å². The Bertz CT molecular complexity index is 446. The Morgan fingerprint density at radius 2 is 0.583 bits per heavy atom. The Morgan fingerprint density at radius 1 is 0.333 bits per heavy atom. The molecule has 0 aromatic heterocycles. The fourth-order valence-corrected chi connectivity index (χ4v) is 16.5. The van der Waals surface area contributed by atoms with E-state index in [1.165, 1.54) is 6.04 Å². The summed E-state index contributed by atoms with van der Waals surface area (Å²) in [5, 5.41) is 0. The fraction of sp³-hybridized carbons (Fsp3) is 1.00. The summed E-state index contributed by atoms with van der Waals surface area (Å²) < 4.78 is 56.6. The highest BCUT2D eigenvalue weighted by molar-refractivity contribution is 6.80. The lowest BCUT2D eigenvalue weighted by Crippen LogP contribution is -2.45. The Balaban J connectivity index is 5.74. The number of rotatable bonds is 25. The van der Waals surface area contributed by atoms with Crippen molar-refractivity contribution in [1.82, 2.24) is 0 Å². The summed E-state index contributed by atoms with van der Waals surface area (Å²) in [4.78, 5) is 0. The van der Waals surface area contributed by atoms with Crippen LogP contribution >= 0.6 is 0 Å². The topological polar surface area (TPSA) is 92.3 Å². The molecule has 0 atom stereocenters. The third kappa shape index (κ3) is 11.7. The van der Waals surface area contributed by atoms with Crippen LogP contribution in [0, 0.1) is 0 Å². The molecular formula is C22H54O10Si4. The summed E-state index contributed by atoms with van der Waals surface area (Å²) in [6.07, 6.45) is 4.06. The number of ether oxygens (including phenoxy) is 1. The highest BCUT2D eigenvalue weighted by Gasteiger charge is 2.43. The second kappa shape index (κ2) is 19.5. The highest BCUT2D eigenvalue weighted by atomic mass is 28.4. The standard InChI is InChI=1S/C22H54O10Si4/c1-23-15-11-16-33(17-12-20-34(24-2,25-3)26-4,18-13-21-35(27-5,28-6)29-7)19-14-22-36(30-8,31-9)32-10/h11-22H2,1-10H3. The number of hydrogen-bond donors (Lipinski definition) is 0. The minimum atomic E-state index is -2.62. The molecule has 14 heteroatoms. The second-order valence-corrected chi connectivity index (χ2v) is 23.3. The van der Waals surface area contributed by atoms with Gasteiger partial charge >= 0.3 is 26.4 Å². The molecule has 0 radical (unpaired) electrons. The average molecular weight is 591 g/mol. The molecule has 0 aromatic carbocycles. The Hall–Kier alpha value is 0.468. The summed E-state index contributed by atoms with van der Waals surface area (Å²) in [6, 6.07) is 7.06. The van der Waals surface area contributed by atoms with E-state index in [1.54, 1.807) is 71.1 Å². The van der Waals surface area contributed by atoms with Crippen LogP contribution in [0.5, 0.6) is 0 Å². The van der Waals surface area contributed by atoms with Gasteiger partial charge in [0.2, 0.25) is 0 Å². The summed E-state index contributed by atoms with van der Waals surface area (Å²) >= 11 is 0. The molecule has 0 rings (SSSR count). The molecule has 0 amide bonds. The largest absolute Gasteiger partial charge is 0.500 e. The van der Waals surface area contributed by atoms with Crippen LogP contribution in [-0.4, -0.2) is 112 Å². The molecule has 0 fully saturated rings. The maximum atomic E-state index is 5.69. The fourth-order valence-electron chi connectivity index (χ4n) is 5.05. The van der Waals surface area contributed by atoms with Crippen molar-refractivity contribution in [3.63, 3.8) is 0 Å². The van der Waals surface area contributed by atoms with Gasteiger partial charge in [0, 0.05) is 95.8 Å². The van der Waals surface area contributed by atoms with Crippen LogP contribution < -0.4 is 0 Å². The molecule has 0 spiro atoms. The van der Waals surface area contributed by atoms with Crippen molar-refractivity contribution >= 4 is 34.5 Å². The first kappa shape index (κ1) is 36.5. The van der Waals surface area contributed by atoms with Gasteiger partial charge in [-0.1, -0.05) is 43.4 Å². The van der Waals surface area contributed by atoms with Gasteiger partial charge in [0.1, 0.15) is 0 Å². The summed E-state index contributed by atoms with van der Waals surface area (Å²) in [7, 11) is 7.25. The maximum Gasteiger partial charge on any atom is 0.500 e. The first-order valence-corrected chi connectivity index (χ1v) is 21.3. The predicted octanol–water partition coefficient (Wildman–Crippen LogP) is 4.28. The van der Waals surface area contributed by atoms with Gasteiger partial charge in [-0.25, -0.2) is 0 Å². The Morgan fingerprint density at radius 3 is 0.806 bits per heavy atom. The lowest BCUT2D eigenvalue weighted by Gasteiger charge is -2.35. The monoisotopic (exact) mass is 590 g/mol. The lowest BCUT2D eigenvalue weighted by atomic mass is 10.5. The van der Waals surface area contributed by atoms with E-state index in [0.717, 1.165) is 68.6 Å². The first-order chi connectivity index (χ1) is 17.2. The smallest absolute Gasteiger partial charge is 0.385 e.